The molecule has 3 aliphatic heterocycles. The summed E-state index contributed by atoms with van der Waals surface area (Å²) in [5, 5.41) is 2.47. The third kappa shape index (κ3) is 3.51. The van der Waals surface area contributed by atoms with Gasteiger partial charge in [-0.1, -0.05) is 23.9 Å². The summed E-state index contributed by atoms with van der Waals surface area (Å²) in [6, 6.07) is 7.36. The molecule has 0 bridgehead atoms. The van der Waals surface area contributed by atoms with Gasteiger partial charge < -0.3 is 14.7 Å². The van der Waals surface area contributed by atoms with E-state index in [1.807, 2.05) is 18.2 Å². The molecule has 2 unspecified atom stereocenters. The summed E-state index contributed by atoms with van der Waals surface area (Å²) >= 11 is 3.47. The molecule has 158 valence electrons. The van der Waals surface area contributed by atoms with Crippen LogP contribution in [0, 0.1) is 0 Å². The monoisotopic (exact) mass is 444 g/mol. The molecule has 0 aliphatic carbocycles. The molecule has 2 saturated heterocycles. The number of guanidine groups is 1. The number of aliphatic imine (C=N–C) groups is 1. The minimum Gasteiger partial charge on any atom is -0.343 e. The van der Waals surface area contributed by atoms with Gasteiger partial charge in [0.15, 0.2) is 22.5 Å². The fourth-order valence-electron chi connectivity index (χ4n) is 4.24. The van der Waals surface area contributed by atoms with Crippen LogP contribution < -0.4 is 5.32 Å². The van der Waals surface area contributed by atoms with E-state index in [-0.39, 0.29) is 11.9 Å². The number of thiazole rings is 1. The number of likely N-dealkylation sites (N-methyl/N-ethyl adjacent to an activating group) is 1. The highest BCUT2D eigenvalue weighted by atomic mass is 32.2. The first kappa shape index (κ1) is 19.6. The average molecular weight is 445 g/mol. The van der Waals surface area contributed by atoms with E-state index in [0.717, 1.165) is 60.5 Å². The number of carbonyl (C=O) groups excluding carboxylic acids is 2. The Balaban J connectivity index is 1.27. The van der Waals surface area contributed by atoms with Crippen LogP contribution in [0.3, 0.4) is 0 Å². The molecule has 2 atom stereocenters. The number of aromatic nitrogens is 1. The molecule has 3 aliphatic rings. The number of hydrogen-bond donors (Lipinski definition) is 1. The standard InChI is InChI=1S/C20H24N6O2S2/c1-24-16-15(17(27)23-19(24)28)26(18(22-16)25-9-4-5-10-25)11-6-12-29-20-21-13-7-2-3-8-14(13)30-20/h2-3,7-8,15-16H,4-6,9-12H2,1H3,(H,23,27,28). The molecule has 0 saturated carbocycles. The third-order valence-electron chi connectivity index (χ3n) is 5.77. The highest BCUT2D eigenvalue weighted by Gasteiger charge is 2.49. The van der Waals surface area contributed by atoms with Gasteiger partial charge in [0.2, 0.25) is 0 Å². The van der Waals surface area contributed by atoms with Crippen molar-refractivity contribution in [1.29, 1.82) is 0 Å². The van der Waals surface area contributed by atoms with Crippen molar-refractivity contribution in [2.45, 2.75) is 35.8 Å². The van der Waals surface area contributed by atoms with Crippen molar-refractivity contribution in [3.63, 3.8) is 0 Å². The number of benzene rings is 1. The van der Waals surface area contributed by atoms with Crippen molar-refractivity contribution in [2.24, 2.45) is 4.99 Å². The summed E-state index contributed by atoms with van der Waals surface area (Å²) in [6.45, 7) is 2.63. The van der Waals surface area contributed by atoms with Crippen LogP contribution in [0.15, 0.2) is 33.6 Å². The Labute approximate surface area is 183 Å². The first-order chi connectivity index (χ1) is 14.6. The second-order valence-corrected chi connectivity index (χ2v) is 10.1. The largest absolute Gasteiger partial charge is 0.343 e. The number of nitrogens with one attached hydrogen (secondary N) is 1. The number of nitrogens with zero attached hydrogens (tertiary/aromatic N) is 5. The predicted molar refractivity (Wildman–Crippen MR) is 119 cm³/mol. The average Bonchev–Trinajstić information content (AvgIpc) is 3.47. The molecule has 10 heteroatoms. The number of urea groups is 1. The molecule has 5 rings (SSSR count). The van der Waals surface area contributed by atoms with Crippen LogP contribution in [0.2, 0.25) is 0 Å². The van der Waals surface area contributed by atoms with Crippen molar-refractivity contribution < 1.29 is 9.59 Å². The Bertz CT molecular complexity index is 969. The number of fused-ring (bicyclic) bond motifs is 2. The van der Waals surface area contributed by atoms with E-state index >= 15 is 0 Å². The van der Waals surface area contributed by atoms with E-state index < -0.39 is 12.2 Å². The predicted octanol–water partition coefficient (Wildman–Crippen LogP) is 2.42. The van der Waals surface area contributed by atoms with Gasteiger partial charge in [-0.15, -0.1) is 11.3 Å². The topological polar surface area (TPSA) is 81.1 Å². The maximum atomic E-state index is 12.7. The van der Waals surface area contributed by atoms with E-state index in [1.54, 1.807) is 30.1 Å². The molecule has 0 spiro atoms. The third-order valence-corrected chi connectivity index (χ3v) is 8.04. The SMILES string of the molecule is CN1C(=O)NC(=O)C2C1N=C(N1CCCC1)N2CCCSc1nc2ccccc2s1. The van der Waals surface area contributed by atoms with Crippen molar-refractivity contribution >= 4 is 51.2 Å². The van der Waals surface area contributed by atoms with E-state index in [4.69, 9.17) is 4.99 Å². The lowest BCUT2D eigenvalue weighted by atomic mass is 10.1. The summed E-state index contributed by atoms with van der Waals surface area (Å²) in [7, 11) is 1.71. The van der Waals surface area contributed by atoms with E-state index in [9.17, 15) is 9.59 Å². The number of para-hydroxylation sites is 1. The molecule has 1 N–H and O–H groups in total. The number of hydrogen-bond acceptors (Lipinski definition) is 8. The number of imide groups is 1. The van der Waals surface area contributed by atoms with Gasteiger partial charge in [0.05, 0.1) is 10.2 Å². The Morgan fingerprint density at radius 2 is 2.03 bits per heavy atom. The quantitative estimate of drug-likeness (QED) is 0.564. The fourth-order valence-corrected chi connectivity index (χ4v) is 6.30. The van der Waals surface area contributed by atoms with Gasteiger partial charge in [0.1, 0.15) is 0 Å². The molecule has 3 amide bonds. The molecule has 2 aromatic rings. The van der Waals surface area contributed by atoms with E-state index in [2.05, 4.69) is 26.2 Å². The zero-order valence-electron chi connectivity index (χ0n) is 16.8. The van der Waals surface area contributed by atoms with Gasteiger partial charge in [0.25, 0.3) is 5.91 Å². The maximum absolute atomic E-state index is 12.7. The maximum Gasteiger partial charge on any atom is 0.325 e. The lowest BCUT2D eigenvalue weighted by Crippen LogP contribution is -2.64. The van der Waals surface area contributed by atoms with Crippen molar-refractivity contribution in [3.8, 4) is 0 Å². The van der Waals surface area contributed by atoms with Crippen molar-refractivity contribution in [3.05, 3.63) is 24.3 Å². The zero-order valence-corrected chi connectivity index (χ0v) is 18.4. The van der Waals surface area contributed by atoms with Crippen molar-refractivity contribution in [1.82, 2.24) is 25.0 Å². The lowest BCUT2D eigenvalue weighted by molar-refractivity contribution is -0.127. The molecule has 30 heavy (non-hydrogen) atoms. The molecular weight excluding hydrogens is 420 g/mol. The van der Waals surface area contributed by atoms with Crippen LogP contribution >= 0.6 is 23.1 Å². The van der Waals surface area contributed by atoms with Crippen LogP contribution in [0.1, 0.15) is 19.3 Å². The minimum atomic E-state index is -0.448. The van der Waals surface area contributed by atoms with Gasteiger partial charge in [0, 0.05) is 32.4 Å². The van der Waals surface area contributed by atoms with Crippen LogP contribution in [-0.2, 0) is 4.79 Å². The molecule has 0 radical (unpaired) electrons. The normalized spacial score (nSPS) is 23.9. The lowest BCUT2D eigenvalue weighted by Gasteiger charge is -2.37. The minimum absolute atomic E-state index is 0.250. The van der Waals surface area contributed by atoms with Gasteiger partial charge >= 0.3 is 6.03 Å². The fraction of sp³-hybridized carbons (Fsp3) is 0.500. The summed E-state index contributed by atoms with van der Waals surface area (Å²) in [5.74, 6) is 1.53. The van der Waals surface area contributed by atoms with Gasteiger partial charge in [-0.2, -0.15) is 0 Å². The van der Waals surface area contributed by atoms with Gasteiger partial charge in [-0.25, -0.2) is 14.8 Å². The zero-order chi connectivity index (χ0) is 20.7. The molecular formula is C20H24N6O2S2. The van der Waals surface area contributed by atoms with Crippen LogP contribution in [0.5, 0.6) is 0 Å². The van der Waals surface area contributed by atoms with E-state index in [0.29, 0.717) is 0 Å². The summed E-state index contributed by atoms with van der Waals surface area (Å²) in [4.78, 5) is 40.1. The van der Waals surface area contributed by atoms with Crippen LogP contribution in [0.4, 0.5) is 4.79 Å². The second-order valence-electron chi connectivity index (χ2n) is 7.73. The smallest absolute Gasteiger partial charge is 0.325 e. The Kier molecular flexibility index (Phi) is 5.28. The first-order valence-corrected chi connectivity index (χ1v) is 12.1. The molecule has 4 heterocycles. The second kappa shape index (κ2) is 8.07. The van der Waals surface area contributed by atoms with Gasteiger partial charge in [-0.05, 0) is 31.4 Å². The molecule has 1 aromatic heterocycles. The highest BCUT2D eigenvalue weighted by molar-refractivity contribution is 8.01. The number of thioether (sulfide) groups is 1. The number of amides is 3. The number of carbonyl (C=O) groups is 2. The number of rotatable bonds is 5. The van der Waals surface area contributed by atoms with E-state index in [1.165, 1.54) is 9.60 Å². The highest BCUT2D eigenvalue weighted by Crippen LogP contribution is 2.31. The summed E-state index contributed by atoms with van der Waals surface area (Å²) < 4.78 is 2.28. The number of likely N-dealkylation sites (tertiary alicyclic amines) is 1. The Morgan fingerprint density at radius 1 is 1.23 bits per heavy atom. The van der Waals surface area contributed by atoms with Gasteiger partial charge in [-0.3, -0.25) is 10.1 Å². The van der Waals surface area contributed by atoms with Crippen LogP contribution in [-0.4, -0.2) is 82.2 Å². The summed E-state index contributed by atoms with van der Waals surface area (Å²) in [6.07, 6.45) is 2.73. The summed E-state index contributed by atoms with van der Waals surface area (Å²) in [5.41, 5.74) is 1.04. The van der Waals surface area contributed by atoms with Crippen LogP contribution in [0.25, 0.3) is 10.2 Å². The van der Waals surface area contributed by atoms with Crippen molar-refractivity contribution in [2.75, 3.05) is 32.4 Å². The molecule has 2 fully saturated rings. The Hall–Kier alpha value is -2.33. The Morgan fingerprint density at radius 3 is 2.83 bits per heavy atom. The molecule has 1 aromatic carbocycles. The molecule has 8 nitrogen and oxygen atoms in total. The first-order valence-electron chi connectivity index (χ1n) is 10.3.